The van der Waals surface area contributed by atoms with Crippen LogP contribution in [-0.4, -0.2) is 41.0 Å². The molecule has 0 saturated heterocycles. The molecule has 1 saturated carbocycles. The molecule has 26 heavy (non-hydrogen) atoms. The Hall–Kier alpha value is -1.26. The summed E-state index contributed by atoms with van der Waals surface area (Å²) in [6.07, 6.45) is 8.74. The van der Waals surface area contributed by atoms with Gasteiger partial charge in [0.05, 0.1) is 14.2 Å². The maximum atomic E-state index is 5.52. The lowest BCUT2D eigenvalue weighted by molar-refractivity contribution is 0.188. The standard InChI is InChI=1S/C22H37NO3/c1-18(10-14-23-13-5-6-15-24-2)17-22(11-7-12-22)19-8-9-20(25-3)21(16-19)26-4/h8-9,16,18,23H,5-7,10-15,17H2,1-4H3. The molecule has 4 heteroatoms. The van der Waals surface area contributed by atoms with Crippen molar-refractivity contribution in [3.63, 3.8) is 0 Å². The maximum absolute atomic E-state index is 5.52. The summed E-state index contributed by atoms with van der Waals surface area (Å²) in [5, 5.41) is 3.58. The Balaban J connectivity index is 1.84. The van der Waals surface area contributed by atoms with E-state index in [-0.39, 0.29) is 0 Å². The average Bonchev–Trinajstić information content (AvgIpc) is 2.63. The molecule has 1 aliphatic carbocycles. The number of unbranched alkanes of at least 4 members (excludes halogenated alkanes) is 1. The maximum Gasteiger partial charge on any atom is 0.161 e. The van der Waals surface area contributed by atoms with Gasteiger partial charge < -0.3 is 19.5 Å². The van der Waals surface area contributed by atoms with Crippen LogP contribution in [0.4, 0.5) is 0 Å². The van der Waals surface area contributed by atoms with Crippen molar-refractivity contribution in [1.82, 2.24) is 5.32 Å². The lowest BCUT2D eigenvalue weighted by Gasteiger charge is -2.44. The number of benzene rings is 1. The molecule has 148 valence electrons. The van der Waals surface area contributed by atoms with Crippen LogP contribution in [-0.2, 0) is 10.2 Å². The molecule has 2 rings (SSSR count). The molecule has 0 spiro atoms. The Kier molecular flexibility index (Phi) is 8.73. The summed E-state index contributed by atoms with van der Waals surface area (Å²) in [6, 6.07) is 6.49. The Labute approximate surface area is 159 Å². The normalized spacial score (nSPS) is 16.8. The molecule has 1 aromatic rings. The van der Waals surface area contributed by atoms with E-state index in [1.54, 1.807) is 21.3 Å². The van der Waals surface area contributed by atoms with E-state index in [2.05, 4.69) is 30.4 Å². The molecule has 1 aliphatic rings. The average molecular weight is 364 g/mol. The van der Waals surface area contributed by atoms with Crippen LogP contribution < -0.4 is 14.8 Å². The van der Waals surface area contributed by atoms with Crippen molar-refractivity contribution < 1.29 is 14.2 Å². The molecule has 0 heterocycles. The summed E-state index contributed by atoms with van der Waals surface area (Å²) < 4.78 is 16.0. The van der Waals surface area contributed by atoms with Crippen LogP contribution in [0.25, 0.3) is 0 Å². The molecule has 1 unspecified atom stereocenters. The van der Waals surface area contributed by atoms with Crippen molar-refractivity contribution >= 4 is 0 Å². The molecular formula is C22H37NO3. The van der Waals surface area contributed by atoms with Crippen molar-refractivity contribution in [2.75, 3.05) is 41.0 Å². The largest absolute Gasteiger partial charge is 0.493 e. The van der Waals surface area contributed by atoms with Crippen molar-refractivity contribution in [3.05, 3.63) is 23.8 Å². The van der Waals surface area contributed by atoms with Gasteiger partial charge in [0.1, 0.15) is 0 Å². The van der Waals surface area contributed by atoms with Gasteiger partial charge in [0.25, 0.3) is 0 Å². The predicted octanol–water partition coefficient (Wildman–Crippen LogP) is 4.56. The van der Waals surface area contributed by atoms with Crippen LogP contribution >= 0.6 is 0 Å². The summed E-state index contributed by atoms with van der Waals surface area (Å²) in [4.78, 5) is 0. The SMILES string of the molecule is COCCCCNCCC(C)CC1(c2ccc(OC)c(OC)c2)CCC1. The fourth-order valence-electron chi connectivity index (χ4n) is 4.12. The summed E-state index contributed by atoms with van der Waals surface area (Å²) in [6.45, 7) is 5.46. The molecule has 1 N–H and O–H groups in total. The fraction of sp³-hybridized carbons (Fsp3) is 0.727. The van der Waals surface area contributed by atoms with Gasteiger partial charge in [-0.05, 0) is 80.6 Å². The van der Waals surface area contributed by atoms with Crippen LogP contribution in [0.1, 0.15) is 57.4 Å². The molecule has 0 aromatic heterocycles. The van der Waals surface area contributed by atoms with Crippen molar-refractivity contribution in [2.45, 2.75) is 57.3 Å². The summed E-state index contributed by atoms with van der Waals surface area (Å²) >= 11 is 0. The number of hydrogen-bond acceptors (Lipinski definition) is 4. The van der Waals surface area contributed by atoms with E-state index in [0.29, 0.717) is 5.41 Å². The molecular weight excluding hydrogens is 326 g/mol. The van der Waals surface area contributed by atoms with Crippen LogP contribution in [0.5, 0.6) is 11.5 Å². The van der Waals surface area contributed by atoms with Crippen LogP contribution in [0.3, 0.4) is 0 Å². The first kappa shape index (κ1) is 21.0. The van der Waals surface area contributed by atoms with Gasteiger partial charge in [-0.3, -0.25) is 0 Å². The van der Waals surface area contributed by atoms with Gasteiger partial charge in [-0.1, -0.05) is 19.4 Å². The first-order valence-electron chi connectivity index (χ1n) is 10.1. The third-order valence-corrected chi connectivity index (χ3v) is 5.81. The van der Waals surface area contributed by atoms with E-state index in [0.717, 1.165) is 43.5 Å². The molecule has 1 aromatic carbocycles. The lowest BCUT2D eigenvalue weighted by atomic mass is 9.60. The monoisotopic (exact) mass is 363 g/mol. The Bertz CT molecular complexity index is 528. The van der Waals surface area contributed by atoms with Gasteiger partial charge >= 0.3 is 0 Å². The first-order valence-corrected chi connectivity index (χ1v) is 10.1. The smallest absolute Gasteiger partial charge is 0.161 e. The Morgan fingerprint density at radius 2 is 1.81 bits per heavy atom. The van der Waals surface area contributed by atoms with E-state index in [9.17, 15) is 0 Å². The molecule has 0 aliphatic heterocycles. The topological polar surface area (TPSA) is 39.7 Å². The van der Waals surface area contributed by atoms with E-state index in [1.807, 2.05) is 0 Å². The molecule has 1 atom stereocenters. The van der Waals surface area contributed by atoms with Gasteiger partial charge in [0.2, 0.25) is 0 Å². The van der Waals surface area contributed by atoms with Crippen molar-refractivity contribution in [1.29, 1.82) is 0 Å². The Morgan fingerprint density at radius 3 is 2.42 bits per heavy atom. The minimum atomic E-state index is 0.331. The third kappa shape index (κ3) is 5.62. The fourth-order valence-corrected chi connectivity index (χ4v) is 4.12. The number of ether oxygens (including phenoxy) is 3. The lowest BCUT2D eigenvalue weighted by Crippen LogP contribution is -2.36. The summed E-state index contributed by atoms with van der Waals surface area (Å²) in [7, 11) is 5.18. The second kappa shape index (κ2) is 10.8. The highest BCUT2D eigenvalue weighted by atomic mass is 16.5. The van der Waals surface area contributed by atoms with Crippen LogP contribution in [0, 0.1) is 5.92 Å². The Morgan fingerprint density at radius 1 is 1.04 bits per heavy atom. The van der Waals surface area contributed by atoms with Crippen molar-refractivity contribution in [2.24, 2.45) is 5.92 Å². The highest BCUT2D eigenvalue weighted by Crippen LogP contribution is 2.50. The van der Waals surface area contributed by atoms with Gasteiger partial charge in [-0.15, -0.1) is 0 Å². The minimum absolute atomic E-state index is 0.331. The van der Waals surface area contributed by atoms with Crippen LogP contribution in [0.2, 0.25) is 0 Å². The highest BCUT2D eigenvalue weighted by Gasteiger charge is 2.39. The molecule has 4 nitrogen and oxygen atoms in total. The second-order valence-corrected chi connectivity index (χ2v) is 7.75. The van der Waals surface area contributed by atoms with E-state index in [4.69, 9.17) is 14.2 Å². The third-order valence-electron chi connectivity index (χ3n) is 5.81. The summed E-state index contributed by atoms with van der Waals surface area (Å²) in [5.74, 6) is 2.38. The van der Waals surface area contributed by atoms with Crippen LogP contribution in [0.15, 0.2) is 18.2 Å². The van der Waals surface area contributed by atoms with Gasteiger partial charge in [0, 0.05) is 13.7 Å². The minimum Gasteiger partial charge on any atom is -0.493 e. The number of rotatable bonds is 13. The van der Waals surface area contributed by atoms with Gasteiger partial charge in [-0.2, -0.15) is 0 Å². The zero-order chi connectivity index (χ0) is 18.8. The number of methoxy groups -OCH3 is 3. The van der Waals surface area contributed by atoms with Gasteiger partial charge in [-0.25, -0.2) is 0 Å². The highest BCUT2D eigenvalue weighted by molar-refractivity contribution is 5.45. The first-order chi connectivity index (χ1) is 12.6. The predicted molar refractivity (Wildman–Crippen MR) is 107 cm³/mol. The molecule has 0 radical (unpaired) electrons. The zero-order valence-electron chi connectivity index (χ0n) is 17.1. The number of hydrogen-bond donors (Lipinski definition) is 1. The second-order valence-electron chi connectivity index (χ2n) is 7.75. The van der Waals surface area contributed by atoms with E-state index in [1.165, 1.54) is 44.1 Å². The van der Waals surface area contributed by atoms with Crippen molar-refractivity contribution in [3.8, 4) is 11.5 Å². The van der Waals surface area contributed by atoms with E-state index >= 15 is 0 Å². The van der Waals surface area contributed by atoms with E-state index < -0.39 is 0 Å². The molecule has 0 bridgehead atoms. The number of nitrogens with one attached hydrogen (secondary N) is 1. The van der Waals surface area contributed by atoms with Gasteiger partial charge in [0.15, 0.2) is 11.5 Å². The zero-order valence-corrected chi connectivity index (χ0v) is 17.1. The molecule has 0 amide bonds. The summed E-state index contributed by atoms with van der Waals surface area (Å²) in [5.41, 5.74) is 1.75. The molecule has 1 fully saturated rings. The quantitative estimate of drug-likeness (QED) is 0.522.